The lowest BCUT2D eigenvalue weighted by molar-refractivity contribution is 0.632. The molecule has 0 saturated heterocycles. The average Bonchev–Trinajstić information content (AvgIpc) is 2.69. The van der Waals surface area contributed by atoms with E-state index >= 15 is 0 Å². The standard InChI is InChI=1S/C26H21N/c1-16-15-21-25-24-17(16)10-8-11-19(24)18-9-4-6-13-22(18)27(25)23-14-7-5-12-20(23)26(21,2)3/h4-15H,1-3H3. The zero-order chi connectivity index (χ0) is 18.3. The van der Waals surface area contributed by atoms with Crippen LogP contribution in [-0.4, -0.2) is 0 Å². The molecule has 0 radical (unpaired) electrons. The minimum absolute atomic E-state index is 0.0270. The largest absolute Gasteiger partial charge is 0.309 e. The van der Waals surface area contributed by atoms with Gasteiger partial charge in [-0.25, -0.2) is 0 Å². The molecule has 2 heterocycles. The molecular formula is C26H21N. The average molecular weight is 347 g/mol. The first-order valence-corrected chi connectivity index (χ1v) is 9.65. The minimum atomic E-state index is -0.0270. The number of fused-ring (bicyclic) bond motifs is 5. The highest BCUT2D eigenvalue weighted by molar-refractivity contribution is 6.16. The summed E-state index contributed by atoms with van der Waals surface area (Å²) in [7, 11) is 0. The van der Waals surface area contributed by atoms with E-state index in [1.165, 1.54) is 55.7 Å². The Labute approximate surface area is 159 Å². The Bertz CT molecular complexity index is 1260. The van der Waals surface area contributed by atoms with E-state index in [4.69, 9.17) is 0 Å². The molecule has 4 aromatic carbocycles. The zero-order valence-electron chi connectivity index (χ0n) is 15.9. The minimum Gasteiger partial charge on any atom is -0.309 e. The molecule has 0 bridgehead atoms. The first-order chi connectivity index (χ1) is 13.1. The molecular weight excluding hydrogens is 326 g/mol. The number of hydrogen-bond donors (Lipinski definition) is 0. The summed E-state index contributed by atoms with van der Waals surface area (Å²) >= 11 is 0. The molecule has 6 rings (SSSR count). The number of hydrogen-bond acceptors (Lipinski definition) is 1. The van der Waals surface area contributed by atoms with Crippen molar-refractivity contribution < 1.29 is 0 Å². The van der Waals surface area contributed by atoms with Gasteiger partial charge in [0.05, 0.1) is 17.1 Å². The number of benzene rings is 4. The van der Waals surface area contributed by atoms with E-state index in [-0.39, 0.29) is 5.41 Å². The molecule has 0 aliphatic carbocycles. The Morgan fingerprint density at radius 3 is 2.26 bits per heavy atom. The monoisotopic (exact) mass is 347 g/mol. The summed E-state index contributed by atoms with van der Waals surface area (Å²) < 4.78 is 0. The van der Waals surface area contributed by atoms with E-state index in [1.54, 1.807) is 0 Å². The van der Waals surface area contributed by atoms with Crippen molar-refractivity contribution in [3.05, 3.63) is 89.5 Å². The predicted molar refractivity (Wildman–Crippen MR) is 114 cm³/mol. The molecule has 2 aliphatic heterocycles. The number of aryl methyl sites for hydroxylation is 1. The Morgan fingerprint density at radius 2 is 1.41 bits per heavy atom. The predicted octanol–water partition coefficient (Wildman–Crippen LogP) is 7.24. The topological polar surface area (TPSA) is 3.24 Å². The zero-order valence-corrected chi connectivity index (χ0v) is 15.9. The smallest absolute Gasteiger partial charge is 0.0587 e. The maximum Gasteiger partial charge on any atom is 0.0587 e. The van der Waals surface area contributed by atoms with Gasteiger partial charge in [0.25, 0.3) is 0 Å². The molecule has 0 unspecified atom stereocenters. The molecule has 2 aliphatic rings. The fourth-order valence-corrected chi connectivity index (χ4v) is 5.18. The third-order valence-electron chi connectivity index (χ3n) is 6.49. The number of nitrogens with zero attached hydrogens (tertiary/aromatic N) is 1. The van der Waals surface area contributed by atoms with E-state index in [0.29, 0.717) is 0 Å². The van der Waals surface area contributed by atoms with Crippen molar-refractivity contribution >= 4 is 27.8 Å². The Balaban J connectivity index is 1.91. The van der Waals surface area contributed by atoms with Crippen LogP contribution in [0.1, 0.15) is 30.5 Å². The summed E-state index contributed by atoms with van der Waals surface area (Å²) in [5.41, 5.74) is 10.8. The molecule has 0 spiro atoms. The quantitative estimate of drug-likeness (QED) is 0.285. The van der Waals surface area contributed by atoms with Crippen molar-refractivity contribution in [3.63, 3.8) is 0 Å². The summed E-state index contributed by atoms with van der Waals surface area (Å²) in [4.78, 5) is 2.50. The van der Waals surface area contributed by atoms with Crippen LogP contribution in [0.4, 0.5) is 17.1 Å². The van der Waals surface area contributed by atoms with Gasteiger partial charge >= 0.3 is 0 Å². The van der Waals surface area contributed by atoms with Gasteiger partial charge in [0.2, 0.25) is 0 Å². The van der Waals surface area contributed by atoms with Gasteiger partial charge in [-0.1, -0.05) is 74.5 Å². The first kappa shape index (κ1) is 15.0. The van der Waals surface area contributed by atoms with Gasteiger partial charge in [0.15, 0.2) is 0 Å². The fourth-order valence-electron chi connectivity index (χ4n) is 5.18. The summed E-state index contributed by atoms with van der Waals surface area (Å²) in [6, 6.07) is 26.9. The second-order valence-corrected chi connectivity index (χ2v) is 8.31. The van der Waals surface area contributed by atoms with E-state index < -0.39 is 0 Å². The third-order valence-corrected chi connectivity index (χ3v) is 6.49. The summed E-state index contributed by atoms with van der Waals surface area (Å²) in [5, 5.41) is 2.76. The summed E-state index contributed by atoms with van der Waals surface area (Å²) in [5.74, 6) is 0. The maximum atomic E-state index is 2.50. The van der Waals surface area contributed by atoms with Crippen LogP contribution < -0.4 is 4.90 Å². The molecule has 0 atom stereocenters. The van der Waals surface area contributed by atoms with Crippen molar-refractivity contribution in [2.75, 3.05) is 4.90 Å². The van der Waals surface area contributed by atoms with Crippen molar-refractivity contribution in [3.8, 4) is 11.1 Å². The molecule has 0 aromatic heterocycles. The van der Waals surface area contributed by atoms with Crippen molar-refractivity contribution in [2.45, 2.75) is 26.2 Å². The van der Waals surface area contributed by atoms with Gasteiger partial charge in [0, 0.05) is 16.4 Å². The van der Waals surface area contributed by atoms with Gasteiger partial charge in [0.1, 0.15) is 0 Å². The molecule has 1 heteroatoms. The maximum absolute atomic E-state index is 2.50. The normalized spacial score (nSPS) is 15.4. The lowest BCUT2D eigenvalue weighted by atomic mass is 9.70. The molecule has 27 heavy (non-hydrogen) atoms. The SMILES string of the molecule is Cc1cc2c3c4c(cccc14)-c1ccccc1N3c1ccccc1C2(C)C. The number of rotatable bonds is 0. The number of para-hydroxylation sites is 2. The van der Waals surface area contributed by atoms with Crippen LogP contribution in [-0.2, 0) is 5.41 Å². The van der Waals surface area contributed by atoms with Gasteiger partial charge in [-0.15, -0.1) is 0 Å². The summed E-state index contributed by atoms with van der Waals surface area (Å²) in [6.45, 7) is 6.98. The Morgan fingerprint density at radius 1 is 0.704 bits per heavy atom. The van der Waals surface area contributed by atoms with E-state index in [1.807, 2.05) is 0 Å². The molecule has 0 saturated carbocycles. The highest BCUT2D eigenvalue weighted by atomic mass is 15.2. The highest BCUT2D eigenvalue weighted by Crippen LogP contribution is 2.59. The van der Waals surface area contributed by atoms with Gasteiger partial charge in [-0.3, -0.25) is 0 Å². The van der Waals surface area contributed by atoms with Crippen LogP contribution in [0.3, 0.4) is 0 Å². The molecule has 1 nitrogen and oxygen atoms in total. The second kappa shape index (κ2) is 4.80. The molecule has 130 valence electrons. The Kier molecular flexibility index (Phi) is 2.68. The molecule has 0 fully saturated rings. The highest BCUT2D eigenvalue weighted by Gasteiger charge is 2.40. The Hall–Kier alpha value is -3.06. The summed E-state index contributed by atoms with van der Waals surface area (Å²) in [6.07, 6.45) is 0. The van der Waals surface area contributed by atoms with Crippen molar-refractivity contribution in [1.29, 1.82) is 0 Å². The number of anilines is 3. The van der Waals surface area contributed by atoms with Gasteiger partial charge in [-0.2, -0.15) is 0 Å². The van der Waals surface area contributed by atoms with Crippen LogP contribution >= 0.6 is 0 Å². The van der Waals surface area contributed by atoms with Crippen LogP contribution in [0.15, 0.2) is 72.8 Å². The first-order valence-electron chi connectivity index (χ1n) is 9.65. The van der Waals surface area contributed by atoms with E-state index in [0.717, 1.165) is 0 Å². The van der Waals surface area contributed by atoms with Crippen LogP contribution in [0, 0.1) is 6.92 Å². The second-order valence-electron chi connectivity index (χ2n) is 8.31. The lowest BCUT2D eigenvalue weighted by Gasteiger charge is -2.45. The molecule has 0 N–H and O–H groups in total. The van der Waals surface area contributed by atoms with Crippen LogP contribution in [0.25, 0.3) is 21.9 Å². The fraction of sp³-hybridized carbons (Fsp3) is 0.154. The van der Waals surface area contributed by atoms with E-state index in [9.17, 15) is 0 Å². The lowest BCUT2D eigenvalue weighted by Crippen LogP contribution is -2.32. The van der Waals surface area contributed by atoms with Gasteiger partial charge < -0.3 is 4.90 Å². The van der Waals surface area contributed by atoms with Crippen LogP contribution in [0.2, 0.25) is 0 Å². The van der Waals surface area contributed by atoms with Crippen LogP contribution in [0.5, 0.6) is 0 Å². The molecule has 4 aromatic rings. The van der Waals surface area contributed by atoms with Gasteiger partial charge in [-0.05, 0) is 46.7 Å². The van der Waals surface area contributed by atoms with E-state index in [2.05, 4.69) is 98.5 Å². The van der Waals surface area contributed by atoms with Crippen molar-refractivity contribution in [2.24, 2.45) is 0 Å². The molecule has 0 amide bonds. The third kappa shape index (κ3) is 1.70. The van der Waals surface area contributed by atoms with Crippen molar-refractivity contribution in [1.82, 2.24) is 0 Å².